The van der Waals surface area contributed by atoms with Gasteiger partial charge in [-0.25, -0.2) is 0 Å². The molecule has 0 aliphatic carbocycles. The van der Waals surface area contributed by atoms with Crippen molar-refractivity contribution >= 4 is 63.6 Å². The van der Waals surface area contributed by atoms with Gasteiger partial charge in [0.25, 0.3) is 5.69 Å². The SMILES string of the molecule is O=C(/C(=C/c1cccc([N+](=O)[O-])c1)Oc1ccc(/C=N/Nc2ccnc3cc(Cl)ccc23)cc1)c1ccc(Cl)cc1. The van der Waals surface area contributed by atoms with Crippen LogP contribution >= 0.6 is 23.2 Å². The Morgan fingerprint density at radius 1 is 0.902 bits per heavy atom. The fraction of sp³-hybridized carbons (Fsp3) is 0. The topological polar surface area (TPSA) is 107 Å². The number of allylic oxidation sites excluding steroid dienone is 1. The van der Waals surface area contributed by atoms with E-state index in [1.54, 1.807) is 85.2 Å². The monoisotopic (exact) mass is 582 g/mol. The van der Waals surface area contributed by atoms with Crippen LogP contribution < -0.4 is 10.2 Å². The number of anilines is 1. The van der Waals surface area contributed by atoms with E-state index in [4.69, 9.17) is 27.9 Å². The zero-order chi connectivity index (χ0) is 28.8. The number of nitro groups is 1. The standard InChI is InChI=1S/C31H20Cl2N4O4/c32-23-8-6-22(7-9-23)31(38)30(17-21-2-1-3-25(16-21)37(39)40)41-26-11-4-20(5-12-26)19-35-36-28-14-15-34-29-18-24(33)10-13-27(28)29/h1-19H,(H,34,36)/b30-17-,35-19+. The first-order valence-corrected chi connectivity index (χ1v) is 13.0. The number of hydrogen-bond donors (Lipinski definition) is 1. The highest BCUT2D eigenvalue weighted by Gasteiger charge is 2.16. The summed E-state index contributed by atoms with van der Waals surface area (Å²) in [5.74, 6) is -0.0273. The molecule has 202 valence electrons. The number of hydrazone groups is 1. The molecular formula is C31H20Cl2N4O4. The summed E-state index contributed by atoms with van der Waals surface area (Å²) in [5, 5.41) is 17.5. The Kier molecular flexibility index (Phi) is 8.34. The van der Waals surface area contributed by atoms with Crippen molar-refractivity contribution in [1.82, 2.24) is 4.98 Å². The van der Waals surface area contributed by atoms with E-state index >= 15 is 0 Å². The Bertz CT molecular complexity index is 1800. The minimum absolute atomic E-state index is 0.0134. The van der Waals surface area contributed by atoms with Crippen LogP contribution in [0.1, 0.15) is 21.5 Å². The predicted molar refractivity (Wildman–Crippen MR) is 162 cm³/mol. The molecule has 10 heteroatoms. The number of halogens is 2. The molecule has 41 heavy (non-hydrogen) atoms. The first-order chi connectivity index (χ1) is 19.9. The van der Waals surface area contributed by atoms with E-state index in [2.05, 4.69) is 15.5 Å². The molecule has 0 amide bonds. The molecule has 1 heterocycles. The number of carbonyl (C=O) groups excluding carboxylic acids is 1. The fourth-order valence-electron chi connectivity index (χ4n) is 3.91. The third kappa shape index (κ3) is 6.94. The number of hydrogen-bond acceptors (Lipinski definition) is 7. The highest BCUT2D eigenvalue weighted by atomic mass is 35.5. The Balaban J connectivity index is 1.35. The Labute approximate surface area is 244 Å². The molecule has 0 fully saturated rings. The van der Waals surface area contributed by atoms with Gasteiger partial charge in [0, 0.05) is 39.3 Å². The molecule has 0 aliphatic heterocycles. The summed E-state index contributed by atoms with van der Waals surface area (Å²) in [6.07, 6.45) is 4.78. The summed E-state index contributed by atoms with van der Waals surface area (Å²) in [6, 6.07) is 26.5. The third-order valence-electron chi connectivity index (χ3n) is 5.92. The van der Waals surface area contributed by atoms with Gasteiger partial charge in [0.05, 0.1) is 22.3 Å². The molecule has 8 nitrogen and oxygen atoms in total. The van der Waals surface area contributed by atoms with Gasteiger partial charge in [-0.1, -0.05) is 35.3 Å². The zero-order valence-electron chi connectivity index (χ0n) is 21.2. The number of non-ortho nitro benzene ring substituents is 1. The van der Waals surface area contributed by atoms with Crippen LogP contribution in [-0.4, -0.2) is 21.9 Å². The summed E-state index contributed by atoms with van der Waals surface area (Å²) in [7, 11) is 0. The Morgan fingerprint density at radius 2 is 1.66 bits per heavy atom. The number of ether oxygens (including phenoxy) is 1. The molecule has 0 atom stereocenters. The van der Waals surface area contributed by atoms with Crippen LogP contribution in [-0.2, 0) is 0 Å². The third-order valence-corrected chi connectivity index (χ3v) is 6.41. The van der Waals surface area contributed by atoms with Gasteiger partial charge >= 0.3 is 0 Å². The van der Waals surface area contributed by atoms with Crippen LogP contribution in [0.5, 0.6) is 5.75 Å². The number of rotatable bonds is 9. The van der Waals surface area contributed by atoms with E-state index in [0.29, 0.717) is 26.9 Å². The fourth-order valence-corrected chi connectivity index (χ4v) is 4.20. The highest BCUT2D eigenvalue weighted by Crippen LogP contribution is 2.25. The number of pyridine rings is 1. The van der Waals surface area contributed by atoms with Gasteiger partial charge in [0.1, 0.15) is 5.75 Å². The van der Waals surface area contributed by atoms with E-state index in [0.717, 1.165) is 22.2 Å². The van der Waals surface area contributed by atoms with Gasteiger partial charge in [-0.15, -0.1) is 0 Å². The molecular weight excluding hydrogens is 563 g/mol. The second-order valence-corrected chi connectivity index (χ2v) is 9.63. The molecule has 1 aromatic heterocycles. The summed E-state index contributed by atoms with van der Waals surface area (Å²) < 4.78 is 5.98. The summed E-state index contributed by atoms with van der Waals surface area (Å²) in [4.78, 5) is 28.4. The second-order valence-electron chi connectivity index (χ2n) is 8.76. The number of nitrogens with one attached hydrogen (secondary N) is 1. The maximum Gasteiger partial charge on any atom is 0.270 e. The summed E-state index contributed by atoms with van der Waals surface area (Å²) in [6.45, 7) is 0. The van der Waals surface area contributed by atoms with Crippen molar-refractivity contribution in [3.8, 4) is 5.75 Å². The van der Waals surface area contributed by atoms with Crippen molar-refractivity contribution in [2.24, 2.45) is 5.10 Å². The number of aromatic nitrogens is 1. The number of fused-ring (bicyclic) bond motifs is 1. The first kappa shape index (κ1) is 27.5. The second kappa shape index (κ2) is 12.4. The number of nitro benzene ring substituents is 1. The van der Waals surface area contributed by atoms with Crippen molar-refractivity contribution in [3.63, 3.8) is 0 Å². The zero-order valence-corrected chi connectivity index (χ0v) is 22.7. The van der Waals surface area contributed by atoms with Crippen molar-refractivity contribution < 1.29 is 14.5 Å². The molecule has 5 rings (SSSR count). The van der Waals surface area contributed by atoms with Crippen molar-refractivity contribution in [2.75, 3.05) is 5.43 Å². The smallest absolute Gasteiger partial charge is 0.270 e. The normalized spacial score (nSPS) is 11.5. The molecule has 0 saturated heterocycles. The van der Waals surface area contributed by atoms with Crippen LogP contribution in [0.3, 0.4) is 0 Å². The number of ketones is 1. The first-order valence-electron chi connectivity index (χ1n) is 12.2. The lowest BCUT2D eigenvalue weighted by atomic mass is 10.1. The maximum atomic E-state index is 13.3. The van der Waals surface area contributed by atoms with Crippen LogP contribution in [0, 0.1) is 10.1 Å². The maximum absolute atomic E-state index is 13.3. The molecule has 0 radical (unpaired) electrons. The molecule has 1 N–H and O–H groups in total. The van der Waals surface area contributed by atoms with Crippen LogP contribution in [0.2, 0.25) is 10.0 Å². The van der Waals surface area contributed by atoms with Crippen LogP contribution in [0.4, 0.5) is 11.4 Å². The number of Topliss-reactive ketones (excluding diaryl/α,β-unsaturated/α-hetero) is 1. The summed E-state index contributed by atoms with van der Waals surface area (Å²) in [5.41, 5.74) is 6.03. The van der Waals surface area contributed by atoms with Gasteiger partial charge < -0.3 is 4.74 Å². The van der Waals surface area contributed by atoms with Gasteiger partial charge in [0.15, 0.2) is 5.76 Å². The number of benzene rings is 4. The minimum Gasteiger partial charge on any atom is -0.453 e. The van der Waals surface area contributed by atoms with Gasteiger partial charge in [-0.05, 0) is 90.0 Å². The molecule has 0 spiro atoms. The molecule has 0 unspecified atom stereocenters. The molecule has 4 aromatic carbocycles. The number of carbonyl (C=O) groups is 1. The average molecular weight is 583 g/mol. The average Bonchev–Trinajstić information content (AvgIpc) is 2.98. The van der Waals surface area contributed by atoms with Gasteiger partial charge in [0.2, 0.25) is 5.78 Å². The lowest BCUT2D eigenvalue weighted by Gasteiger charge is -2.10. The van der Waals surface area contributed by atoms with Crippen LogP contribution in [0.15, 0.2) is 114 Å². The molecule has 0 saturated carbocycles. The summed E-state index contributed by atoms with van der Waals surface area (Å²) >= 11 is 12.0. The van der Waals surface area contributed by atoms with Gasteiger partial charge in [-0.3, -0.25) is 25.3 Å². The van der Waals surface area contributed by atoms with E-state index in [9.17, 15) is 14.9 Å². The molecule has 5 aromatic rings. The predicted octanol–water partition coefficient (Wildman–Crippen LogP) is 8.20. The largest absolute Gasteiger partial charge is 0.453 e. The highest BCUT2D eigenvalue weighted by molar-refractivity contribution is 6.31. The molecule has 0 bridgehead atoms. The van der Waals surface area contributed by atoms with E-state index in [-0.39, 0.29) is 11.4 Å². The van der Waals surface area contributed by atoms with Crippen molar-refractivity contribution in [1.29, 1.82) is 0 Å². The van der Waals surface area contributed by atoms with E-state index in [1.807, 2.05) is 12.1 Å². The van der Waals surface area contributed by atoms with Crippen molar-refractivity contribution in [3.05, 3.63) is 146 Å². The quantitative estimate of drug-likeness (QED) is 0.0468. The van der Waals surface area contributed by atoms with E-state index in [1.165, 1.54) is 18.2 Å². The Hall–Kier alpha value is -5.05. The number of nitrogens with zero attached hydrogens (tertiary/aromatic N) is 3. The lowest BCUT2D eigenvalue weighted by Crippen LogP contribution is -2.09. The van der Waals surface area contributed by atoms with E-state index < -0.39 is 10.7 Å². The minimum atomic E-state index is -0.499. The van der Waals surface area contributed by atoms with Crippen molar-refractivity contribution in [2.45, 2.75) is 0 Å². The molecule has 0 aliphatic rings. The Morgan fingerprint density at radius 3 is 2.41 bits per heavy atom. The lowest BCUT2D eigenvalue weighted by molar-refractivity contribution is -0.384. The van der Waals surface area contributed by atoms with Gasteiger partial charge in [-0.2, -0.15) is 5.10 Å². The van der Waals surface area contributed by atoms with Crippen LogP contribution in [0.25, 0.3) is 17.0 Å².